The number of fused-ring (bicyclic) bond motifs is 1. The van der Waals surface area contributed by atoms with Crippen molar-refractivity contribution >= 4 is 46.4 Å². The molecule has 0 bridgehead atoms. The Balaban J connectivity index is 1.72. The van der Waals surface area contributed by atoms with Crippen molar-refractivity contribution in [2.24, 2.45) is 0 Å². The second-order valence-corrected chi connectivity index (χ2v) is 11.0. The zero-order chi connectivity index (χ0) is 24.6. The van der Waals surface area contributed by atoms with E-state index in [2.05, 4.69) is 33.4 Å². The lowest BCUT2D eigenvalue weighted by atomic mass is 10.2. The quantitative estimate of drug-likeness (QED) is 0.221. The highest BCUT2D eigenvalue weighted by Gasteiger charge is 2.43. The second-order valence-electron chi connectivity index (χ2n) is 6.55. The van der Waals surface area contributed by atoms with Gasteiger partial charge in [0.15, 0.2) is 23.2 Å². The highest BCUT2D eigenvalue weighted by Crippen LogP contribution is 2.66. The molecule has 1 aliphatic heterocycles. The van der Waals surface area contributed by atoms with Crippen molar-refractivity contribution in [3.8, 4) is 0 Å². The predicted octanol–water partition coefficient (Wildman–Crippen LogP) is 0.0960. The fraction of sp³-hybridized carbons (Fsp3) is 0.583. The summed E-state index contributed by atoms with van der Waals surface area (Å²) in [4.78, 5) is 48.4. The molecule has 1 fully saturated rings. The maximum absolute atomic E-state index is 11.9. The summed E-state index contributed by atoms with van der Waals surface area (Å²) in [5, 5.41) is 2.84. The van der Waals surface area contributed by atoms with Gasteiger partial charge in [-0.05, 0) is 0 Å². The third-order valence-electron chi connectivity index (χ3n) is 4.24. The van der Waals surface area contributed by atoms with Gasteiger partial charge in [0, 0.05) is 20.6 Å². The number of phosphoric ester groups is 1. The zero-order valence-electron chi connectivity index (χ0n) is 17.0. The molecular weight excluding hydrogens is 513 g/mol. The molecular formula is C12H21N6O12P3. The molecule has 3 heterocycles. The summed E-state index contributed by atoms with van der Waals surface area (Å²) in [5.74, 6) is 0.359. The fourth-order valence-corrected chi connectivity index (χ4v) is 6.10. The van der Waals surface area contributed by atoms with Crippen LogP contribution in [0.5, 0.6) is 0 Å². The van der Waals surface area contributed by atoms with E-state index in [1.54, 1.807) is 7.05 Å². The first kappa shape index (κ1) is 26.1. The Morgan fingerprint density at radius 1 is 1.21 bits per heavy atom. The van der Waals surface area contributed by atoms with Gasteiger partial charge in [-0.25, -0.2) is 18.7 Å². The van der Waals surface area contributed by atoms with Crippen molar-refractivity contribution in [3.63, 3.8) is 0 Å². The first-order valence-corrected chi connectivity index (χ1v) is 13.4. The Hall–Kier alpha value is -1.52. The van der Waals surface area contributed by atoms with Crippen LogP contribution in [0.15, 0.2) is 6.33 Å². The van der Waals surface area contributed by atoms with Gasteiger partial charge in [-0.1, -0.05) is 0 Å². The summed E-state index contributed by atoms with van der Waals surface area (Å²) in [6.07, 6.45) is -0.707. The van der Waals surface area contributed by atoms with E-state index >= 15 is 0 Å². The number of nitrogen functional groups attached to an aromatic ring is 1. The molecule has 0 radical (unpaired) electrons. The molecule has 2 aromatic heterocycles. The van der Waals surface area contributed by atoms with Crippen molar-refractivity contribution < 1.29 is 55.9 Å². The number of phosphoric acid groups is 3. The van der Waals surface area contributed by atoms with E-state index in [4.69, 9.17) is 25.0 Å². The number of nitrogens with one attached hydrogen (secondary N) is 1. The number of hydrogen-bond acceptors (Lipinski definition) is 13. The first-order valence-electron chi connectivity index (χ1n) is 8.88. The molecule has 5 unspecified atom stereocenters. The maximum Gasteiger partial charge on any atom is 0.490 e. The molecule has 1 saturated heterocycles. The summed E-state index contributed by atoms with van der Waals surface area (Å²) >= 11 is 0. The topological polar surface area (TPSA) is 260 Å². The van der Waals surface area contributed by atoms with Crippen LogP contribution in [0, 0.1) is 0 Å². The Labute approximate surface area is 185 Å². The van der Waals surface area contributed by atoms with E-state index < -0.39 is 48.5 Å². The first-order chi connectivity index (χ1) is 15.2. The largest absolute Gasteiger partial charge is 0.490 e. The molecule has 3 rings (SSSR count). The lowest BCUT2D eigenvalue weighted by Crippen LogP contribution is -2.21. The van der Waals surface area contributed by atoms with Gasteiger partial charge in [0.2, 0.25) is 5.95 Å². The standard InChI is InChI=1S/C12H21N6O12P3/c1-14-9-8-10(17-12(13)16-9)18(5-15-8)11-7(26-2)3-6(28-11)4-27-32(22,23)30-33(24,25)29-31(19,20)21/h5-7,11H,3-4H2,1-2H3,(H,22,23)(H,24,25)(H2,19,20,21)(H3,13,14,16,17). The van der Waals surface area contributed by atoms with E-state index in [-0.39, 0.29) is 12.4 Å². The van der Waals surface area contributed by atoms with Crippen molar-refractivity contribution in [1.82, 2.24) is 19.5 Å². The van der Waals surface area contributed by atoms with Crippen LogP contribution >= 0.6 is 23.5 Å². The number of rotatable bonds is 10. The van der Waals surface area contributed by atoms with Gasteiger partial charge < -0.3 is 40.1 Å². The van der Waals surface area contributed by atoms with Gasteiger partial charge in [-0.15, -0.1) is 0 Å². The minimum absolute atomic E-state index is 0.0234. The Bertz CT molecular complexity index is 1150. The van der Waals surface area contributed by atoms with E-state index in [1.165, 1.54) is 18.0 Å². The molecule has 5 atom stereocenters. The Morgan fingerprint density at radius 3 is 2.52 bits per heavy atom. The SMILES string of the molecule is CNc1nc(N)nc2c1ncn2C1OC(COP(=O)(O)OP(=O)(O)OP(=O)(O)O)CC1OC. The summed E-state index contributed by atoms with van der Waals surface area (Å²) in [6.45, 7) is -0.619. The number of hydrogen-bond donors (Lipinski definition) is 6. The van der Waals surface area contributed by atoms with Gasteiger partial charge in [-0.2, -0.15) is 18.6 Å². The number of ether oxygens (including phenoxy) is 2. The molecule has 0 aliphatic carbocycles. The average molecular weight is 534 g/mol. The van der Waals surface area contributed by atoms with E-state index in [9.17, 15) is 23.5 Å². The third kappa shape index (κ3) is 6.54. The Kier molecular flexibility index (Phi) is 7.60. The predicted molar refractivity (Wildman–Crippen MR) is 108 cm³/mol. The molecule has 18 nitrogen and oxygen atoms in total. The normalized spacial score (nSPS) is 25.1. The maximum atomic E-state index is 11.9. The van der Waals surface area contributed by atoms with Crippen LogP contribution in [0.3, 0.4) is 0 Å². The van der Waals surface area contributed by atoms with Crippen LogP contribution < -0.4 is 11.1 Å². The smallest absolute Gasteiger partial charge is 0.377 e. The molecule has 1 aliphatic rings. The summed E-state index contributed by atoms with van der Waals surface area (Å²) in [6, 6.07) is 0. The number of nitrogens with two attached hydrogens (primary N) is 1. The monoisotopic (exact) mass is 534 g/mol. The van der Waals surface area contributed by atoms with Crippen LogP contribution in [0.2, 0.25) is 0 Å². The van der Waals surface area contributed by atoms with Gasteiger partial charge in [0.05, 0.1) is 19.0 Å². The van der Waals surface area contributed by atoms with E-state index in [1.807, 2.05) is 0 Å². The van der Waals surface area contributed by atoms with Crippen molar-refractivity contribution in [2.75, 3.05) is 31.8 Å². The molecule has 186 valence electrons. The highest BCUT2D eigenvalue weighted by molar-refractivity contribution is 7.66. The van der Waals surface area contributed by atoms with Crippen molar-refractivity contribution in [3.05, 3.63) is 6.33 Å². The number of aromatic nitrogens is 4. The van der Waals surface area contributed by atoms with Crippen LogP contribution in [0.4, 0.5) is 11.8 Å². The fourth-order valence-electron chi connectivity index (χ4n) is 3.06. The Morgan fingerprint density at radius 2 is 1.91 bits per heavy atom. The van der Waals surface area contributed by atoms with Crippen LogP contribution in [0.1, 0.15) is 12.6 Å². The number of anilines is 2. The molecule has 2 aromatic rings. The number of methoxy groups -OCH3 is 1. The zero-order valence-corrected chi connectivity index (χ0v) is 19.7. The van der Waals surface area contributed by atoms with Crippen LogP contribution in [0.25, 0.3) is 11.2 Å². The molecule has 7 N–H and O–H groups in total. The lowest BCUT2D eigenvalue weighted by molar-refractivity contribution is -0.0577. The van der Waals surface area contributed by atoms with Gasteiger partial charge >= 0.3 is 23.5 Å². The third-order valence-corrected chi connectivity index (χ3v) is 8.04. The minimum atomic E-state index is -5.62. The molecule has 0 spiro atoms. The highest BCUT2D eigenvalue weighted by atomic mass is 31.3. The molecule has 0 amide bonds. The van der Waals surface area contributed by atoms with Gasteiger partial charge in [-0.3, -0.25) is 9.09 Å². The van der Waals surface area contributed by atoms with Crippen LogP contribution in [-0.2, 0) is 36.3 Å². The second kappa shape index (κ2) is 9.62. The minimum Gasteiger partial charge on any atom is -0.377 e. The summed E-state index contributed by atoms with van der Waals surface area (Å²) < 4.78 is 58.7. The van der Waals surface area contributed by atoms with Gasteiger partial charge in [0.25, 0.3) is 0 Å². The number of nitrogens with zero attached hydrogens (tertiary/aromatic N) is 4. The molecule has 0 aromatic carbocycles. The lowest BCUT2D eigenvalue weighted by Gasteiger charge is -2.19. The van der Waals surface area contributed by atoms with Crippen LogP contribution in [-0.4, -0.2) is 72.1 Å². The molecule has 33 heavy (non-hydrogen) atoms. The van der Waals surface area contributed by atoms with Gasteiger partial charge in [0.1, 0.15) is 6.10 Å². The molecule has 0 saturated carbocycles. The van der Waals surface area contributed by atoms with E-state index in [0.29, 0.717) is 17.0 Å². The van der Waals surface area contributed by atoms with E-state index in [0.717, 1.165) is 0 Å². The summed E-state index contributed by atoms with van der Waals surface area (Å²) in [5.41, 5.74) is 6.47. The summed E-state index contributed by atoms with van der Waals surface area (Å²) in [7, 11) is -13.4. The average Bonchev–Trinajstić information content (AvgIpc) is 3.26. The molecule has 21 heteroatoms. The van der Waals surface area contributed by atoms with Crippen molar-refractivity contribution in [1.29, 1.82) is 0 Å². The number of imidazole rings is 1. The van der Waals surface area contributed by atoms with Crippen molar-refractivity contribution in [2.45, 2.75) is 24.9 Å².